The standard InChI is InChI=1S/C10H17NO5/c1-15-10(12)5-9(6-11(13)14)8-3-2-4-16-7-8/h8-9H,2-7H2,1H3/t8-,9-/m0/s1. The van der Waals surface area contributed by atoms with Crippen LogP contribution in [0.3, 0.4) is 0 Å². The number of methoxy groups -OCH3 is 1. The second-order valence-electron chi connectivity index (χ2n) is 4.03. The molecule has 16 heavy (non-hydrogen) atoms. The predicted molar refractivity (Wildman–Crippen MR) is 55.5 cm³/mol. The maximum Gasteiger partial charge on any atom is 0.306 e. The van der Waals surface area contributed by atoms with Gasteiger partial charge in [-0.25, -0.2) is 0 Å². The highest BCUT2D eigenvalue weighted by molar-refractivity contribution is 5.69. The van der Waals surface area contributed by atoms with Crippen LogP contribution in [0, 0.1) is 22.0 Å². The number of hydrogen-bond donors (Lipinski definition) is 0. The van der Waals surface area contributed by atoms with Crippen molar-refractivity contribution in [2.75, 3.05) is 26.9 Å². The molecule has 2 atom stereocenters. The first kappa shape index (κ1) is 12.9. The first-order valence-electron chi connectivity index (χ1n) is 5.40. The molecule has 6 heteroatoms. The fraction of sp³-hybridized carbons (Fsp3) is 0.900. The molecule has 0 bridgehead atoms. The maximum atomic E-state index is 11.2. The number of carbonyl (C=O) groups excluding carboxylic acids is 1. The van der Waals surface area contributed by atoms with Gasteiger partial charge in [0.15, 0.2) is 0 Å². The van der Waals surface area contributed by atoms with Crippen molar-refractivity contribution >= 4 is 5.97 Å². The Labute approximate surface area is 94.1 Å². The lowest BCUT2D eigenvalue weighted by Crippen LogP contribution is -2.31. The van der Waals surface area contributed by atoms with Crippen LogP contribution in [0.2, 0.25) is 0 Å². The second kappa shape index (κ2) is 6.42. The molecule has 6 nitrogen and oxygen atoms in total. The Balaban J connectivity index is 2.53. The molecule has 0 aromatic heterocycles. The molecular formula is C10H17NO5. The number of hydrogen-bond acceptors (Lipinski definition) is 5. The van der Waals surface area contributed by atoms with Crippen LogP contribution in [-0.4, -0.2) is 37.8 Å². The molecule has 1 rings (SSSR count). The van der Waals surface area contributed by atoms with Crippen molar-refractivity contribution in [1.29, 1.82) is 0 Å². The summed E-state index contributed by atoms with van der Waals surface area (Å²) < 4.78 is 9.84. The molecule has 0 aliphatic carbocycles. The lowest BCUT2D eigenvalue weighted by Gasteiger charge is -2.27. The zero-order valence-corrected chi connectivity index (χ0v) is 9.39. The molecule has 1 heterocycles. The van der Waals surface area contributed by atoms with Crippen LogP contribution in [0.15, 0.2) is 0 Å². The van der Waals surface area contributed by atoms with Crippen LogP contribution in [0.25, 0.3) is 0 Å². The van der Waals surface area contributed by atoms with Gasteiger partial charge in [-0.1, -0.05) is 0 Å². The van der Waals surface area contributed by atoms with E-state index in [0.717, 1.165) is 12.8 Å². The van der Waals surface area contributed by atoms with Crippen molar-refractivity contribution in [1.82, 2.24) is 0 Å². The van der Waals surface area contributed by atoms with E-state index >= 15 is 0 Å². The third-order valence-corrected chi connectivity index (χ3v) is 2.90. The van der Waals surface area contributed by atoms with E-state index in [4.69, 9.17) is 4.74 Å². The highest BCUT2D eigenvalue weighted by Crippen LogP contribution is 2.25. The van der Waals surface area contributed by atoms with E-state index in [1.165, 1.54) is 7.11 Å². The largest absolute Gasteiger partial charge is 0.469 e. The Hall–Kier alpha value is -1.17. The topological polar surface area (TPSA) is 78.7 Å². The van der Waals surface area contributed by atoms with Crippen molar-refractivity contribution in [3.05, 3.63) is 10.1 Å². The molecule has 92 valence electrons. The van der Waals surface area contributed by atoms with Gasteiger partial charge in [0.05, 0.1) is 13.5 Å². The minimum absolute atomic E-state index is 0.0956. The smallest absolute Gasteiger partial charge is 0.306 e. The summed E-state index contributed by atoms with van der Waals surface area (Å²) in [4.78, 5) is 21.3. The van der Waals surface area contributed by atoms with E-state index in [9.17, 15) is 14.9 Å². The van der Waals surface area contributed by atoms with Crippen LogP contribution in [0.1, 0.15) is 19.3 Å². The average Bonchev–Trinajstić information content (AvgIpc) is 2.28. The summed E-state index contributed by atoms with van der Waals surface area (Å²) in [5.74, 6) is -0.571. The van der Waals surface area contributed by atoms with E-state index in [2.05, 4.69) is 4.74 Å². The second-order valence-corrected chi connectivity index (χ2v) is 4.03. The molecule has 0 aromatic rings. The van der Waals surface area contributed by atoms with Crippen molar-refractivity contribution < 1.29 is 19.2 Å². The van der Waals surface area contributed by atoms with Crippen molar-refractivity contribution in [2.45, 2.75) is 19.3 Å². The van der Waals surface area contributed by atoms with Gasteiger partial charge in [0.25, 0.3) is 0 Å². The van der Waals surface area contributed by atoms with Crippen LogP contribution in [-0.2, 0) is 14.3 Å². The lowest BCUT2D eigenvalue weighted by atomic mass is 9.85. The minimum atomic E-state index is -0.391. The molecule has 1 fully saturated rings. The molecule has 0 aromatic carbocycles. The fourth-order valence-corrected chi connectivity index (χ4v) is 2.01. The molecule has 0 amide bonds. The van der Waals surface area contributed by atoms with Gasteiger partial charge in [-0.15, -0.1) is 0 Å². The molecule has 0 radical (unpaired) electrons. The number of nitro groups is 1. The zero-order valence-electron chi connectivity index (χ0n) is 9.39. The zero-order chi connectivity index (χ0) is 12.0. The average molecular weight is 231 g/mol. The van der Waals surface area contributed by atoms with Gasteiger partial charge in [-0.05, 0) is 18.8 Å². The van der Waals surface area contributed by atoms with Gasteiger partial charge in [0.1, 0.15) is 0 Å². The number of rotatable bonds is 5. The molecule has 0 unspecified atom stereocenters. The summed E-state index contributed by atoms with van der Waals surface area (Å²) in [6, 6.07) is 0. The van der Waals surface area contributed by atoms with Gasteiger partial charge >= 0.3 is 5.97 Å². The summed E-state index contributed by atoms with van der Waals surface area (Å²) in [7, 11) is 1.29. The third kappa shape index (κ3) is 4.14. The first-order valence-corrected chi connectivity index (χ1v) is 5.40. The van der Waals surface area contributed by atoms with Gasteiger partial charge in [-0.3, -0.25) is 14.9 Å². The molecule has 0 saturated carbocycles. The van der Waals surface area contributed by atoms with Gasteiger partial charge in [0.2, 0.25) is 6.54 Å². The Bertz CT molecular complexity index is 250. The van der Waals surface area contributed by atoms with E-state index in [1.807, 2.05) is 0 Å². The molecule has 1 aliphatic rings. The number of ether oxygens (including phenoxy) is 2. The maximum absolute atomic E-state index is 11.2. The Kier molecular flexibility index (Phi) is 5.18. The van der Waals surface area contributed by atoms with E-state index in [0.29, 0.717) is 13.2 Å². The van der Waals surface area contributed by atoms with Gasteiger partial charge in [-0.2, -0.15) is 0 Å². The Morgan fingerprint density at radius 3 is 2.94 bits per heavy atom. The normalized spacial score (nSPS) is 22.4. The summed E-state index contributed by atoms with van der Waals surface area (Å²) in [6.07, 6.45) is 1.89. The molecule has 0 spiro atoms. The Morgan fingerprint density at radius 1 is 1.69 bits per heavy atom. The quantitative estimate of drug-likeness (QED) is 0.398. The van der Waals surface area contributed by atoms with E-state index in [1.54, 1.807) is 0 Å². The van der Waals surface area contributed by atoms with Crippen LogP contribution in [0.4, 0.5) is 0 Å². The summed E-state index contributed by atoms with van der Waals surface area (Å²) >= 11 is 0. The predicted octanol–water partition coefficient (Wildman–Crippen LogP) is 0.869. The fourth-order valence-electron chi connectivity index (χ4n) is 2.01. The highest BCUT2D eigenvalue weighted by atomic mass is 16.6. The van der Waals surface area contributed by atoms with Crippen LogP contribution >= 0.6 is 0 Å². The summed E-state index contributed by atoms with van der Waals surface area (Å²) in [5.41, 5.74) is 0. The first-order chi connectivity index (χ1) is 7.63. The van der Waals surface area contributed by atoms with Gasteiger partial charge < -0.3 is 9.47 Å². The highest BCUT2D eigenvalue weighted by Gasteiger charge is 2.30. The lowest BCUT2D eigenvalue weighted by molar-refractivity contribution is -0.490. The van der Waals surface area contributed by atoms with Crippen molar-refractivity contribution in [2.24, 2.45) is 11.8 Å². The molecular weight excluding hydrogens is 214 g/mol. The molecule has 0 N–H and O–H groups in total. The minimum Gasteiger partial charge on any atom is -0.469 e. The number of esters is 1. The van der Waals surface area contributed by atoms with Crippen molar-refractivity contribution in [3.8, 4) is 0 Å². The summed E-state index contributed by atoms with van der Waals surface area (Å²) in [5, 5.41) is 10.5. The SMILES string of the molecule is COC(=O)C[C@@H](C[N+](=O)[O-])[C@H]1CCCOC1. The number of carbonyl (C=O) groups is 1. The van der Waals surface area contributed by atoms with E-state index in [-0.39, 0.29) is 29.7 Å². The summed E-state index contributed by atoms with van der Waals surface area (Å²) in [6.45, 7) is 1.03. The molecule has 1 saturated heterocycles. The van der Waals surface area contributed by atoms with Gasteiger partial charge in [0, 0.05) is 24.1 Å². The van der Waals surface area contributed by atoms with E-state index < -0.39 is 5.97 Å². The monoisotopic (exact) mass is 231 g/mol. The van der Waals surface area contributed by atoms with Crippen LogP contribution < -0.4 is 0 Å². The molecule has 1 aliphatic heterocycles. The Morgan fingerprint density at radius 2 is 2.44 bits per heavy atom. The van der Waals surface area contributed by atoms with Crippen molar-refractivity contribution in [3.63, 3.8) is 0 Å². The number of nitrogens with zero attached hydrogens (tertiary/aromatic N) is 1. The van der Waals surface area contributed by atoms with Crippen LogP contribution in [0.5, 0.6) is 0 Å². The third-order valence-electron chi connectivity index (χ3n) is 2.90.